The molecule has 0 amide bonds. The van der Waals surface area contributed by atoms with Gasteiger partial charge in [0.25, 0.3) is 0 Å². The first-order valence-electron chi connectivity index (χ1n) is 6.68. The molecule has 0 saturated heterocycles. The van der Waals surface area contributed by atoms with Crippen LogP contribution in [0.1, 0.15) is 25.0 Å². The van der Waals surface area contributed by atoms with Gasteiger partial charge in [-0.3, -0.25) is 9.38 Å². The van der Waals surface area contributed by atoms with Crippen LogP contribution in [-0.2, 0) is 16.4 Å². The van der Waals surface area contributed by atoms with Gasteiger partial charge in [-0.25, -0.2) is 13.4 Å². The molecule has 1 fully saturated rings. The zero-order chi connectivity index (χ0) is 14.2. The number of fused-ring (bicyclic) bond motifs is 1. The molecular weight excluding hydrogens is 276 g/mol. The summed E-state index contributed by atoms with van der Waals surface area (Å²) < 4.78 is 25.1. The van der Waals surface area contributed by atoms with Crippen molar-refractivity contribution in [3.8, 4) is 0 Å². The average molecular weight is 294 g/mol. The van der Waals surface area contributed by atoms with Crippen LogP contribution in [0.4, 0.5) is 0 Å². The second-order valence-corrected chi connectivity index (χ2v) is 7.88. The van der Waals surface area contributed by atoms with E-state index in [-0.39, 0.29) is 0 Å². The van der Waals surface area contributed by atoms with E-state index in [1.54, 1.807) is 18.6 Å². The molecule has 0 unspecified atom stereocenters. The van der Waals surface area contributed by atoms with Crippen molar-refractivity contribution in [3.63, 3.8) is 0 Å². The van der Waals surface area contributed by atoms with Crippen LogP contribution in [0.15, 0.2) is 24.8 Å². The Hall–Kier alpha value is -1.47. The van der Waals surface area contributed by atoms with E-state index in [1.807, 2.05) is 10.6 Å². The summed E-state index contributed by atoms with van der Waals surface area (Å²) in [6.07, 6.45) is 10.9. The van der Waals surface area contributed by atoms with Gasteiger partial charge in [-0.1, -0.05) is 6.42 Å². The zero-order valence-electron chi connectivity index (χ0n) is 11.4. The third-order valence-electron chi connectivity index (χ3n) is 4.20. The molecule has 6 nitrogen and oxygen atoms in total. The van der Waals surface area contributed by atoms with Crippen molar-refractivity contribution in [2.45, 2.75) is 30.6 Å². The van der Waals surface area contributed by atoms with Crippen molar-refractivity contribution in [2.75, 3.05) is 12.8 Å². The number of hydrogen-bond donors (Lipinski definition) is 1. The summed E-state index contributed by atoms with van der Waals surface area (Å²) in [5, 5.41) is 3.27. The molecule has 1 saturated carbocycles. The molecule has 0 radical (unpaired) electrons. The lowest BCUT2D eigenvalue weighted by Crippen LogP contribution is -2.52. The van der Waals surface area contributed by atoms with Crippen LogP contribution in [0.25, 0.3) is 5.65 Å². The van der Waals surface area contributed by atoms with Crippen LogP contribution in [0, 0.1) is 0 Å². The van der Waals surface area contributed by atoms with Gasteiger partial charge in [0, 0.05) is 31.7 Å². The maximum absolute atomic E-state index is 11.9. The smallest absolute Gasteiger partial charge is 0.155 e. The highest BCUT2D eigenvalue weighted by Crippen LogP contribution is 2.38. The number of imidazole rings is 1. The Balaban J connectivity index is 1.69. The van der Waals surface area contributed by atoms with Gasteiger partial charge in [-0.15, -0.1) is 0 Å². The normalized spacial score (nSPS) is 18.1. The van der Waals surface area contributed by atoms with Gasteiger partial charge in [-0.2, -0.15) is 0 Å². The fourth-order valence-corrected chi connectivity index (χ4v) is 4.09. The SMILES string of the molecule is CS(=O)(=O)C1(CNCc2cnc3cnccn23)CCC1. The molecule has 1 aliphatic rings. The summed E-state index contributed by atoms with van der Waals surface area (Å²) in [7, 11) is -3.01. The molecule has 2 aromatic heterocycles. The number of sulfone groups is 1. The predicted octanol–water partition coefficient (Wildman–Crippen LogP) is 0.786. The summed E-state index contributed by atoms with van der Waals surface area (Å²) in [6.45, 7) is 1.10. The van der Waals surface area contributed by atoms with Crippen LogP contribution in [-0.4, -0.2) is 40.3 Å². The molecule has 2 aromatic rings. The number of aromatic nitrogens is 3. The minimum atomic E-state index is -3.01. The summed E-state index contributed by atoms with van der Waals surface area (Å²) in [5.74, 6) is 0. The number of nitrogens with one attached hydrogen (secondary N) is 1. The van der Waals surface area contributed by atoms with Crippen LogP contribution in [0.5, 0.6) is 0 Å². The molecule has 108 valence electrons. The van der Waals surface area contributed by atoms with Gasteiger partial charge in [0.2, 0.25) is 0 Å². The molecule has 1 aliphatic carbocycles. The van der Waals surface area contributed by atoms with Crippen molar-refractivity contribution in [1.29, 1.82) is 0 Å². The molecular formula is C13H18N4O2S. The summed E-state index contributed by atoms with van der Waals surface area (Å²) in [4.78, 5) is 8.28. The van der Waals surface area contributed by atoms with Gasteiger partial charge < -0.3 is 5.32 Å². The lowest BCUT2D eigenvalue weighted by molar-refractivity contribution is 0.322. The topological polar surface area (TPSA) is 76.4 Å². The van der Waals surface area contributed by atoms with Crippen LogP contribution in [0.3, 0.4) is 0 Å². The zero-order valence-corrected chi connectivity index (χ0v) is 12.2. The first kappa shape index (κ1) is 13.5. The average Bonchev–Trinajstić information content (AvgIpc) is 2.74. The van der Waals surface area contributed by atoms with Gasteiger partial charge >= 0.3 is 0 Å². The van der Waals surface area contributed by atoms with E-state index in [2.05, 4.69) is 15.3 Å². The van der Waals surface area contributed by atoms with Crippen molar-refractivity contribution in [3.05, 3.63) is 30.5 Å². The maximum atomic E-state index is 11.9. The largest absolute Gasteiger partial charge is 0.310 e. The number of hydrogen-bond acceptors (Lipinski definition) is 5. The fourth-order valence-electron chi connectivity index (χ4n) is 2.69. The van der Waals surface area contributed by atoms with E-state index in [9.17, 15) is 8.42 Å². The van der Waals surface area contributed by atoms with Gasteiger partial charge in [0.05, 0.1) is 22.8 Å². The molecule has 20 heavy (non-hydrogen) atoms. The standard InChI is InChI=1S/C13H18N4O2S/c1-20(18,19)13(3-2-4-13)10-15-7-11-8-16-12-9-14-5-6-17(11)12/h5-6,8-9,15H,2-4,7,10H2,1H3. The molecule has 0 spiro atoms. The Morgan fingerprint density at radius 3 is 2.85 bits per heavy atom. The quantitative estimate of drug-likeness (QED) is 0.882. The minimum Gasteiger partial charge on any atom is -0.310 e. The number of nitrogens with zero attached hydrogens (tertiary/aromatic N) is 3. The number of rotatable bonds is 5. The third-order valence-corrected chi connectivity index (χ3v) is 6.32. The van der Waals surface area contributed by atoms with Crippen molar-refractivity contribution >= 4 is 15.5 Å². The lowest BCUT2D eigenvalue weighted by atomic mass is 9.84. The predicted molar refractivity (Wildman–Crippen MR) is 76.1 cm³/mol. The van der Waals surface area contributed by atoms with Crippen molar-refractivity contribution < 1.29 is 8.42 Å². The molecule has 0 aliphatic heterocycles. The fraction of sp³-hybridized carbons (Fsp3) is 0.538. The second kappa shape index (κ2) is 4.82. The molecule has 3 rings (SSSR count). The Morgan fingerprint density at radius 1 is 1.40 bits per heavy atom. The Kier molecular flexibility index (Phi) is 3.25. The molecule has 0 atom stereocenters. The Bertz CT molecular complexity index is 719. The van der Waals surface area contributed by atoms with Gasteiger partial charge in [-0.05, 0) is 12.8 Å². The first-order chi connectivity index (χ1) is 9.52. The maximum Gasteiger partial charge on any atom is 0.155 e. The highest BCUT2D eigenvalue weighted by molar-refractivity contribution is 7.92. The van der Waals surface area contributed by atoms with Gasteiger partial charge in [0.15, 0.2) is 15.5 Å². The van der Waals surface area contributed by atoms with E-state index in [0.717, 1.165) is 30.6 Å². The Morgan fingerprint density at radius 2 is 2.20 bits per heavy atom. The van der Waals surface area contributed by atoms with Crippen LogP contribution >= 0.6 is 0 Å². The highest BCUT2D eigenvalue weighted by atomic mass is 32.2. The monoisotopic (exact) mass is 294 g/mol. The van der Waals surface area contributed by atoms with Crippen molar-refractivity contribution in [2.24, 2.45) is 0 Å². The summed E-state index contributed by atoms with van der Waals surface area (Å²) in [5.41, 5.74) is 1.80. The lowest BCUT2D eigenvalue weighted by Gasteiger charge is -2.40. The summed E-state index contributed by atoms with van der Waals surface area (Å²) >= 11 is 0. The van der Waals surface area contributed by atoms with Crippen LogP contribution < -0.4 is 5.32 Å². The summed E-state index contributed by atoms with van der Waals surface area (Å²) in [6, 6.07) is 0. The van der Waals surface area contributed by atoms with E-state index < -0.39 is 14.6 Å². The molecule has 0 aromatic carbocycles. The van der Waals surface area contributed by atoms with E-state index >= 15 is 0 Å². The molecule has 1 N–H and O–H groups in total. The first-order valence-corrected chi connectivity index (χ1v) is 8.57. The second-order valence-electron chi connectivity index (χ2n) is 5.47. The van der Waals surface area contributed by atoms with Crippen LogP contribution in [0.2, 0.25) is 0 Å². The highest BCUT2D eigenvalue weighted by Gasteiger charge is 2.45. The van der Waals surface area contributed by atoms with E-state index in [4.69, 9.17) is 0 Å². The molecule has 2 heterocycles. The molecule has 0 bridgehead atoms. The minimum absolute atomic E-state index is 0.504. The Labute approximate surface area is 118 Å². The molecule has 7 heteroatoms. The van der Waals surface area contributed by atoms with Gasteiger partial charge in [0.1, 0.15) is 0 Å². The van der Waals surface area contributed by atoms with E-state index in [1.165, 1.54) is 6.26 Å². The third kappa shape index (κ3) is 2.20. The van der Waals surface area contributed by atoms with E-state index in [0.29, 0.717) is 13.1 Å². The van der Waals surface area contributed by atoms with Crippen molar-refractivity contribution in [1.82, 2.24) is 19.7 Å².